The van der Waals surface area contributed by atoms with E-state index >= 15 is 0 Å². The lowest BCUT2D eigenvalue weighted by Gasteiger charge is -2.38. The van der Waals surface area contributed by atoms with Crippen molar-refractivity contribution in [3.05, 3.63) is 36.9 Å². The Kier molecular flexibility index (Phi) is 6.29. The molecule has 11 nitrogen and oxygen atoms in total. The van der Waals surface area contributed by atoms with Crippen molar-refractivity contribution in [3.63, 3.8) is 0 Å². The van der Waals surface area contributed by atoms with Gasteiger partial charge in [0.1, 0.15) is 23.8 Å². The molecule has 0 radical (unpaired) electrons. The van der Waals surface area contributed by atoms with Crippen LogP contribution in [-0.2, 0) is 30.5 Å². The molecule has 2 bridgehead atoms. The van der Waals surface area contributed by atoms with Crippen molar-refractivity contribution in [2.24, 2.45) is 11.8 Å². The van der Waals surface area contributed by atoms with Gasteiger partial charge in [-0.2, -0.15) is 0 Å². The number of nitrogens with zero attached hydrogens (tertiary/aromatic N) is 5. The van der Waals surface area contributed by atoms with Crippen LogP contribution in [0.25, 0.3) is 11.0 Å². The first-order chi connectivity index (χ1) is 17.4. The Hall–Kier alpha value is -3.31. The van der Waals surface area contributed by atoms with Gasteiger partial charge in [-0.15, -0.1) is 11.7 Å². The van der Waals surface area contributed by atoms with Crippen LogP contribution in [0.2, 0.25) is 0 Å². The Balaban J connectivity index is 1.53. The number of hydrogen-bond acceptors (Lipinski definition) is 8. The van der Waals surface area contributed by atoms with Crippen molar-refractivity contribution in [2.45, 2.75) is 57.1 Å². The molecule has 1 aromatic heterocycles. The fourth-order valence-electron chi connectivity index (χ4n) is 6.17. The number of hydrogen-bond donors (Lipinski definition) is 1. The lowest BCUT2D eigenvalue weighted by molar-refractivity contribution is -0.156. The second-order valence-corrected chi connectivity index (χ2v) is 9.65. The van der Waals surface area contributed by atoms with E-state index in [1.807, 2.05) is 24.3 Å². The molecule has 36 heavy (non-hydrogen) atoms. The smallest absolute Gasteiger partial charge is 0.312 e. The van der Waals surface area contributed by atoms with Crippen LogP contribution in [0, 0.1) is 11.8 Å². The van der Waals surface area contributed by atoms with Gasteiger partial charge >= 0.3 is 5.97 Å². The average molecular weight is 498 g/mol. The van der Waals surface area contributed by atoms with E-state index in [-0.39, 0.29) is 38.2 Å². The molecular formula is C25H31N5O6. The third kappa shape index (κ3) is 3.52. The summed E-state index contributed by atoms with van der Waals surface area (Å²) >= 11 is 0. The standard InChI is InChI=1S/C25H31N5O6/c1-4-12-28(14-29-17-9-7-6-8-16(17)26-27-29)23(33)21-25-11-10-18(36-25)19(24(34)35-5-2)20(25)22(32)30(21)15(3)13-31/h4,6-9,15,18-21,31H,1,5,10-14H2,2-3H3/t15-,18+,19-,20-,21+,25-/m1/s1. The Morgan fingerprint density at radius 3 is 2.92 bits per heavy atom. The van der Waals surface area contributed by atoms with Gasteiger partial charge in [0, 0.05) is 6.54 Å². The van der Waals surface area contributed by atoms with Crippen LogP contribution < -0.4 is 0 Å². The zero-order chi connectivity index (χ0) is 25.6. The van der Waals surface area contributed by atoms with E-state index in [2.05, 4.69) is 16.9 Å². The highest BCUT2D eigenvalue weighted by Crippen LogP contribution is 2.59. The second-order valence-electron chi connectivity index (χ2n) is 9.65. The van der Waals surface area contributed by atoms with E-state index in [0.717, 1.165) is 5.52 Å². The molecule has 5 rings (SSSR count). The predicted octanol–water partition coefficient (Wildman–Crippen LogP) is 0.722. The Labute approximate surface area is 208 Å². The van der Waals surface area contributed by atoms with Crippen molar-refractivity contribution in [1.82, 2.24) is 24.8 Å². The first kappa shape index (κ1) is 24.4. The number of likely N-dealkylation sites (tertiary alicyclic amines) is 1. The average Bonchev–Trinajstić information content (AvgIpc) is 3.62. The molecule has 3 aliphatic heterocycles. The molecule has 0 unspecified atom stereocenters. The summed E-state index contributed by atoms with van der Waals surface area (Å²) in [5.41, 5.74) is 0.298. The first-order valence-corrected chi connectivity index (χ1v) is 12.3. The van der Waals surface area contributed by atoms with Gasteiger partial charge in [0.2, 0.25) is 11.8 Å². The Morgan fingerprint density at radius 2 is 2.19 bits per heavy atom. The van der Waals surface area contributed by atoms with Crippen molar-refractivity contribution < 1.29 is 29.0 Å². The van der Waals surface area contributed by atoms with Crippen molar-refractivity contribution in [1.29, 1.82) is 0 Å². The molecule has 1 aromatic carbocycles. The summed E-state index contributed by atoms with van der Waals surface area (Å²) in [5, 5.41) is 18.4. The molecule has 2 aromatic rings. The summed E-state index contributed by atoms with van der Waals surface area (Å²) in [6.45, 7) is 7.34. The quantitative estimate of drug-likeness (QED) is 0.397. The van der Waals surface area contributed by atoms with Crippen LogP contribution in [0.15, 0.2) is 36.9 Å². The van der Waals surface area contributed by atoms with Crippen LogP contribution in [-0.4, -0.2) is 91.2 Å². The van der Waals surface area contributed by atoms with Crippen molar-refractivity contribution in [3.8, 4) is 0 Å². The summed E-state index contributed by atoms with van der Waals surface area (Å²) in [4.78, 5) is 43.9. The minimum Gasteiger partial charge on any atom is -0.466 e. The number of aliphatic hydroxyl groups is 1. The number of benzene rings is 1. The van der Waals surface area contributed by atoms with Gasteiger partial charge in [-0.1, -0.05) is 23.4 Å². The fraction of sp³-hybridized carbons (Fsp3) is 0.560. The number of fused-ring (bicyclic) bond motifs is 2. The zero-order valence-corrected chi connectivity index (χ0v) is 20.4. The summed E-state index contributed by atoms with van der Waals surface area (Å²) in [6, 6.07) is 5.78. The van der Waals surface area contributed by atoms with Crippen molar-refractivity contribution in [2.75, 3.05) is 19.8 Å². The second kappa shape index (κ2) is 9.29. The molecule has 3 aliphatic rings. The van der Waals surface area contributed by atoms with Crippen LogP contribution in [0.3, 0.4) is 0 Å². The molecule has 3 saturated heterocycles. The Bertz CT molecular complexity index is 1200. The van der Waals surface area contributed by atoms with Gasteiger partial charge in [-0.05, 0) is 38.8 Å². The number of amides is 2. The van der Waals surface area contributed by atoms with E-state index in [4.69, 9.17) is 9.47 Å². The molecule has 1 spiro atoms. The van der Waals surface area contributed by atoms with Crippen LogP contribution in [0.5, 0.6) is 0 Å². The molecule has 192 valence electrons. The van der Waals surface area contributed by atoms with E-state index in [1.165, 1.54) is 4.90 Å². The monoisotopic (exact) mass is 497 g/mol. The van der Waals surface area contributed by atoms with Crippen LogP contribution in [0.1, 0.15) is 26.7 Å². The van der Waals surface area contributed by atoms with Crippen molar-refractivity contribution >= 4 is 28.8 Å². The third-order valence-corrected chi connectivity index (χ3v) is 7.66. The SMILES string of the molecule is C=CCN(Cn1nnc2ccccc21)C(=O)[C@@H]1N([C@H](C)CO)C(=O)[C@H]2[C@H](C(=O)OCC)[C@@H]3CC[C@]12O3. The van der Waals surface area contributed by atoms with Gasteiger partial charge in [0.25, 0.3) is 0 Å². The van der Waals surface area contributed by atoms with E-state index in [1.54, 1.807) is 29.5 Å². The molecule has 3 fully saturated rings. The van der Waals surface area contributed by atoms with Gasteiger partial charge in [-0.25, -0.2) is 4.68 Å². The number of esters is 1. The molecule has 0 saturated carbocycles. The number of carbonyl (C=O) groups is 3. The predicted molar refractivity (Wildman–Crippen MR) is 127 cm³/mol. The van der Waals surface area contributed by atoms with Crippen LogP contribution in [0.4, 0.5) is 0 Å². The lowest BCUT2D eigenvalue weighted by atomic mass is 9.70. The van der Waals surface area contributed by atoms with Gasteiger partial charge < -0.3 is 24.4 Å². The molecule has 2 amide bonds. The first-order valence-electron chi connectivity index (χ1n) is 12.3. The number of aromatic nitrogens is 3. The van der Waals surface area contributed by atoms with E-state index < -0.39 is 41.6 Å². The van der Waals surface area contributed by atoms with Gasteiger partial charge in [0.05, 0.1) is 42.7 Å². The fourth-order valence-corrected chi connectivity index (χ4v) is 6.17. The Morgan fingerprint density at radius 1 is 1.42 bits per heavy atom. The summed E-state index contributed by atoms with van der Waals surface area (Å²) in [7, 11) is 0. The minimum absolute atomic E-state index is 0.0862. The third-order valence-electron chi connectivity index (χ3n) is 7.66. The molecular weight excluding hydrogens is 466 g/mol. The number of ether oxygens (including phenoxy) is 2. The van der Waals surface area contributed by atoms with Gasteiger partial charge in [-0.3, -0.25) is 14.4 Å². The molecule has 11 heteroatoms. The number of rotatable bonds is 9. The maximum Gasteiger partial charge on any atom is 0.312 e. The zero-order valence-electron chi connectivity index (χ0n) is 20.4. The largest absolute Gasteiger partial charge is 0.466 e. The topological polar surface area (TPSA) is 127 Å². The van der Waals surface area contributed by atoms with Crippen LogP contribution >= 0.6 is 0 Å². The van der Waals surface area contributed by atoms with Gasteiger partial charge in [0.15, 0.2) is 0 Å². The number of aliphatic hydroxyl groups excluding tert-OH is 1. The normalized spacial score (nSPS) is 29.4. The summed E-state index contributed by atoms with van der Waals surface area (Å²) in [5.74, 6) is -2.81. The van der Waals surface area contributed by atoms with E-state index in [0.29, 0.717) is 18.4 Å². The molecule has 4 heterocycles. The molecule has 1 N–H and O–H groups in total. The number of carbonyl (C=O) groups excluding carboxylic acids is 3. The highest BCUT2D eigenvalue weighted by Gasteiger charge is 2.75. The van der Waals surface area contributed by atoms with E-state index in [9.17, 15) is 19.5 Å². The lowest BCUT2D eigenvalue weighted by Crippen LogP contribution is -2.58. The maximum atomic E-state index is 14.2. The highest BCUT2D eigenvalue weighted by atomic mass is 16.6. The number of para-hydroxylation sites is 1. The highest BCUT2D eigenvalue weighted by molar-refractivity contribution is 5.98. The molecule has 6 atom stereocenters. The maximum absolute atomic E-state index is 14.2. The molecule has 0 aliphatic carbocycles. The minimum atomic E-state index is -1.16. The summed E-state index contributed by atoms with van der Waals surface area (Å²) in [6.07, 6.45) is 2.14. The summed E-state index contributed by atoms with van der Waals surface area (Å²) < 4.78 is 13.3.